The minimum absolute atomic E-state index is 0.290. The van der Waals surface area contributed by atoms with E-state index in [-0.39, 0.29) is 5.75 Å². The molecule has 1 atom stereocenters. The van der Waals surface area contributed by atoms with Crippen molar-refractivity contribution in [2.45, 2.75) is 18.7 Å². The van der Waals surface area contributed by atoms with Crippen LogP contribution in [0.3, 0.4) is 0 Å². The molecule has 100 valence electrons. The van der Waals surface area contributed by atoms with Gasteiger partial charge in [-0.1, -0.05) is 12.1 Å². The lowest BCUT2D eigenvalue weighted by Crippen LogP contribution is -2.38. The molecule has 7 heteroatoms. The van der Waals surface area contributed by atoms with Gasteiger partial charge in [0.05, 0.1) is 12.9 Å². The lowest BCUT2D eigenvalue weighted by molar-refractivity contribution is -0.138. The molecule has 18 heavy (non-hydrogen) atoms. The second-order valence-electron chi connectivity index (χ2n) is 3.79. The molecule has 0 saturated carbocycles. The second-order valence-corrected chi connectivity index (χ2v) is 5.54. The van der Waals surface area contributed by atoms with Crippen molar-refractivity contribution in [3.8, 4) is 5.75 Å². The van der Waals surface area contributed by atoms with Crippen molar-refractivity contribution in [2.24, 2.45) is 0 Å². The fourth-order valence-electron chi connectivity index (χ4n) is 1.34. The van der Waals surface area contributed by atoms with Crippen LogP contribution in [0.2, 0.25) is 0 Å². The molecule has 1 unspecified atom stereocenters. The van der Waals surface area contributed by atoms with Gasteiger partial charge in [0, 0.05) is 0 Å². The minimum atomic E-state index is -3.69. The number of benzene rings is 1. The fraction of sp³-hybridized carbons (Fsp3) is 0.364. The normalized spacial score (nSPS) is 13.0. The summed E-state index contributed by atoms with van der Waals surface area (Å²) in [6, 6.07) is 5.44. The molecular formula is C11H15NO5S. The summed E-state index contributed by atoms with van der Waals surface area (Å²) in [5.41, 5.74) is 0.527. The molecule has 0 saturated heterocycles. The quantitative estimate of drug-likeness (QED) is 0.791. The van der Waals surface area contributed by atoms with Crippen LogP contribution in [-0.2, 0) is 20.6 Å². The van der Waals surface area contributed by atoms with Crippen LogP contribution in [0, 0.1) is 0 Å². The highest BCUT2D eigenvalue weighted by Gasteiger charge is 2.19. The van der Waals surface area contributed by atoms with Gasteiger partial charge in [-0.15, -0.1) is 0 Å². The average Bonchev–Trinajstić information content (AvgIpc) is 2.27. The Hall–Kier alpha value is -1.60. The van der Waals surface area contributed by atoms with Crippen LogP contribution >= 0.6 is 0 Å². The van der Waals surface area contributed by atoms with Crippen molar-refractivity contribution >= 4 is 16.0 Å². The molecule has 2 N–H and O–H groups in total. The van der Waals surface area contributed by atoms with Crippen molar-refractivity contribution in [2.75, 3.05) is 7.11 Å². The van der Waals surface area contributed by atoms with Crippen LogP contribution < -0.4 is 9.46 Å². The van der Waals surface area contributed by atoms with Crippen molar-refractivity contribution in [3.63, 3.8) is 0 Å². The van der Waals surface area contributed by atoms with E-state index >= 15 is 0 Å². The van der Waals surface area contributed by atoms with Crippen LogP contribution in [0.25, 0.3) is 0 Å². The highest BCUT2D eigenvalue weighted by atomic mass is 32.2. The number of hydrogen-bond donors (Lipinski definition) is 2. The predicted octanol–water partition coefficient (Wildman–Crippen LogP) is 0.588. The molecule has 1 rings (SSSR count). The Kier molecular flexibility index (Phi) is 4.69. The summed E-state index contributed by atoms with van der Waals surface area (Å²) >= 11 is 0. The third-order valence-corrected chi connectivity index (χ3v) is 3.64. The Morgan fingerprint density at radius 3 is 2.72 bits per heavy atom. The number of carbonyl (C=O) groups is 1. The van der Waals surface area contributed by atoms with Gasteiger partial charge in [0.1, 0.15) is 11.8 Å². The van der Waals surface area contributed by atoms with Gasteiger partial charge in [0.2, 0.25) is 10.0 Å². The molecular weight excluding hydrogens is 258 g/mol. The summed E-state index contributed by atoms with van der Waals surface area (Å²) in [5, 5.41) is 8.65. The summed E-state index contributed by atoms with van der Waals surface area (Å²) in [7, 11) is -2.21. The van der Waals surface area contributed by atoms with Crippen molar-refractivity contribution in [1.82, 2.24) is 4.72 Å². The number of carboxylic acid groups (broad SMARTS) is 1. The molecule has 0 spiro atoms. The molecule has 0 aliphatic rings. The van der Waals surface area contributed by atoms with Gasteiger partial charge in [-0.3, -0.25) is 4.79 Å². The standard InChI is InChI=1S/C11H15NO5S/c1-8(11(13)14)12-18(15,16)7-9-4-3-5-10(6-9)17-2/h3-6,8,12H,7H2,1-2H3,(H,13,14). The molecule has 0 aromatic heterocycles. The van der Waals surface area contributed by atoms with Gasteiger partial charge < -0.3 is 9.84 Å². The van der Waals surface area contributed by atoms with Gasteiger partial charge in [0.25, 0.3) is 0 Å². The van der Waals surface area contributed by atoms with Crippen molar-refractivity contribution < 1.29 is 23.1 Å². The first-order valence-electron chi connectivity index (χ1n) is 5.20. The van der Waals surface area contributed by atoms with Crippen LogP contribution in [0.15, 0.2) is 24.3 Å². The highest BCUT2D eigenvalue weighted by Crippen LogP contribution is 2.14. The van der Waals surface area contributed by atoms with Crippen LogP contribution in [0.4, 0.5) is 0 Å². The smallest absolute Gasteiger partial charge is 0.321 e. The third kappa shape index (κ3) is 4.34. The zero-order chi connectivity index (χ0) is 13.8. The predicted molar refractivity (Wildman–Crippen MR) is 65.9 cm³/mol. The van der Waals surface area contributed by atoms with E-state index < -0.39 is 22.0 Å². The molecule has 1 aromatic carbocycles. The fourth-order valence-corrected chi connectivity index (χ4v) is 2.68. The maximum absolute atomic E-state index is 11.7. The summed E-state index contributed by atoms with van der Waals surface area (Å²) in [5.74, 6) is -0.958. The Bertz CT molecular complexity index is 526. The lowest BCUT2D eigenvalue weighted by atomic mass is 10.2. The van der Waals surface area contributed by atoms with E-state index in [9.17, 15) is 13.2 Å². The highest BCUT2D eigenvalue weighted by molar-refractivity contribution is 7.88. The Morgan fingerprint density at radius 1 is 1.50 bits per heavy atom. The van der Waals surface area contributed by atoms with Crippen molar-refractivity contribution in [3.05, 3.63) is 29.8 Å². The minimum Gasteiger partial charge on any atom is -0.497 e. The lowest BCUT2D eigenvalue weighted by Gasteiger charge is -2.10. The van der Waals surface area contributed by atoms with Gasteiger partial charge >= 0.3 is 5.97 Å². The molecule has 0 fully saturated rings. The summed E-state index contributed by atoms with van der Waals surface area (Å²) in [6.07, 6.45) is 0. The number of methoxy groups -OCH3 is 1. The SMILES string of the molecule is COc1cccc(CS(=O)(=O)NC(C)C(=O)O)c1. The topological polar surface area (TPSA) is 92.7 Å². The zero-order valence-corrected chi connectivity index (χ0v) is 10.9. The summed E-state index contributed by atoms with van der Waals surface area (Å²) in [4.78, 5) is 10.6. The van der Waals surface area contributed by atoms with Gasteiger partial charge in [-0.2, -0.15) is 0 Å². The number of aliphatic carboxylic acids is 1. The number of sulfonamides is 1. The molecule has 0 radical (unpaired) electrons. The number of nitrogens with one attached hydrogen (secondary N) is 1. The van der Waals surface area contributed by atoms with E-state index in [4.69, 9.17) is 9.84 Å². The Labute approximate surface area is 106 Å². The monoisotopic (exact) mass is 273 g/mol. The van der Waals surface area contributed by atoms with Gasteiger partial charge in [-0.05, 0) is 24.6 Å². The van der Waals surface area contributed by atoms with E-state index in [0.29, 0.717) is 11.3 Å². The maximum atomic E-state index is 11.7. The average molecular weight is 273 g/mol. The molecule has 0 bridgehead atoms. The number of ether oxygens (including phenoxy) is 1. The number of rotatable bonds is 6. The number of carboxylic acids is 1. The molecule has 0 amide bonds. The summed E-state index contributed by atoms with van der Waals surface area (Å²) in [6.45, 7) is 1.27. The largest absolute Gasteiger partial charge is 0.497 e. The Morgan fingerprint density at radius 2 is 2.17 bits per heavy atom. The molecule has 0 heterocycles. The first-order valence-corrected chi connectivity index (χ1v) is 6.85. The molecule has 0 aliphatic heterocycles. The summed E-state index contributed by atoms with van der Waals surface area (Å²) < 4.78 is 30.5. The maximum Gasteiger partial charge on any atom is 0.321 e. The zero-order valence-electron chi connectivity index (χ0n) is 10.1. The van der Waals surface area contributed by atoms with Crippen molar-refractivity contribution in [1.29, 1.82) is 0 Å². The second kappa shape index (κ2) is 5.83. The Balaban J connectivity index is 2.79. The van der Waals surface area contributed by atoms with E-state index in [0.717, 1.165) is 0 Å². The van der Waals surface area contributed by atoms with E-state index in [1.807, 2.05) is 0 Å². The van der Waals surface area contributed by atoms with E-state index in [2.05, 4.69) is 4.72 Å². The van der Waals surface area contributed by atoms with Gasteiger partial charge in [0.15, 0.2) is 0 Å². The number of hydrogen-bond acceptors (Lipinski definition) is 4. The molecule has 1 aromatic rings. The third-order valence-electron chi connectivity index (χ3n) is 2.22. The first kappa shape index (κ1) is 14.5. The van der Waals surface area contributed by atoms with Crippen LogP contribution in [0.1, 0.15) is 12.5 Å². The van der Waals surface area contributed by atoms with Crippen LogP contribution in [0.5, 0.6) is 5.75 Å². The first-order chi connectivity index (χ1) is 8.34. The van der Waals surface area contributed by atoms with Crippen LogP contribution in [-0.4, -0.2) is 32.6 Å². The molecule has 6 nitrogen and oxygen atoms in total. The van der Waals surface area contributed by atoms with Gasteiger partial charge in [-0.25, -0.2) is 13.1 Å². The van der Waals surface area contributed by atoms with E-state index in [1.54, 1.807) is 24.3 Å². The van der Waals surface area contributed by atoms with E-state index in [1.165, 1.54) is 14.0 Å². The molecule has 0 aliphatic carbocycles.